The highest BCUT2D eigenvalue weighted by Gasteiger charge is 2.60. The van der Waals surface area contributed by atoms with Gasteiger partial charge in [-0.25, -0.2) is 0 Å². The second kappa shape index (κ2) is 6.15. The molecule has 0 radical (unpaired) electrons. The fourth-order valence-corrected chi connectivity index (χ4v) is 2.45. The van der Waals surface area contributed by atoms with Gasteiger partial charge in [-0.15, -0.1) is 0 Å². The zero-order valence-corrected chi connectivity index (χ0v) is 10.5. The van der Waals surface area contributed by atoms with E-state index in [9.17, 15) is 26.3 Å². The molecule has 0 aromatic rings. The Morgan fingerprint density at radius 3 is 2.05 bits per heavy atom. The van der Waals surface area contributed by atoms with Gasteiger partial charge in [0.05, 0.1) is 0 Å². The lowest BCUT2D eigenvalue weighted by Crippen LogP contribution is -2.50. The average Bonchev–Trinajstić information content (AvgIpc) is 2.50. The van der Waals surface area contributed by atoms with Crippen LogP contribution in [0.3, 0.4) is 0 Å². The van der Waals surface area contributed by atoms with Crippen LogP contribution in [0.25, 0.3) is 0 Å². The van der Waals surface area contributed by atoms with Gasteiger partial charge in [0.2, 0.25) is 0 Å². The first kappa shape index (κ1) is 16.3. The van der Waals surface area contributed by atoms with E-state index in [1.54, 1.807) is 0 Å². The molecule has 0 aromatic carbocycles. The van der Waals surface area contributed by atoms with Crippen LogP contribution < -0.4 is 5.32 Å². The van der Waals surface area contributed by atoms with Crippen LogP contribution in [0.15, 0.2) is 11.6 Å². The summed E-state index contributed by atoms with van der Waals surface area (Å²) in [5, 5.41) is 2.20. The van der Waals surface area contributed by atoms with Crippen molar-refractivity contribution in [3.63, 3.8) is 0 Å². The first-order valence-corrected chi connectivity index (χ1v) is 6.17. The zero-order chi connectivity index (χ0) is 14.7. The summed E-state index contributed by atoms with van der Waals surface area (Å²) in [5.74, 6) is -3.35. The molecule has 1 unspecified atom stereocenters. The lowest BCUT2D eigenvalue weighted by Gasteiger charge is -2.32. The topological polar surface area (TPSA) is 12.0 Å². The van der Waals surface area contributed by atoms with Gasteiger partial charge in [0.15, 0.2) is 5.92 Å². The number of nitrogens with one attached hydrogen (secondary N) is 1. The maximum Gasteiger partial charge on any atom is 0.402 e. The molecule has 0 saturated heterocycles. The van der Waals surface area contributed by atoms with Gasteiger partial charge in [-0.05, 0) is 32.7 Å². The van der Waals surface area contributed by atoms with Gasteiger partial charge in [0.25, 0.3) is 0 Å². The minimum atomic E-state index is -5.31. The lowest BCUT2D eigenvalue weighted by atomic mass is 9.89. The van der Waals surface area contributed by atoms with Gasteiger partial charge >= 0.3 is 12.4 Å². The average molecular weight is 289 g/mol. The molecule has 112 valence electrons. The predicted molar refractivity (Wildman–Crippen MR) is 59.6 cm³/mol. The standard InChI is InChI=1S/C12H17F6N/c1-19-9(8-6-4-2-3-5-7-8)10(11(13,14)15)12(16,17)18/h6,9-10,19H,2-5,7H2,1H3. The predicted octanol–water partition coefficient (Wildman–Crippen LogP) is 4.21. The Morgan fingerprint density at radius 1 is 1.00 bits per heavy atom. The molecule has 19 heavy (non-hydrogen) atoms. The third-order valence-corrected chi connectivity index (χ3v) is 3.33. The Labute approximate surface area is 108 Å². The van der Waals surface area contributed by atoms with E-state index in [1.165, 1.54) is 6.08 Å². The van der Waals surface area contributed by atoms with Crippen molar-refractivity contribution in [2.75, 3.05) is 7.05 Å². The summed E-state index contributed by atoms with van der Waals surface area (Å²) in [6, 6.07) is -1.72. The number of allylic oxidation sites excluding steroid dienone is 1. The normalized spacial score (nSPS) is 20.1. The highest BCUT2D eigenvalue weighted by molar-refractivity contribution is 5.15. The van der Waals surface area contributed by atoms with Crippen molar-refractivity contribution in [1.82, 2.24) is 5.32 Å². The maximum absolute atomic E-state index is 12.7. The number of hydrogen-bond acceptors (Lipinski definition) is 1. The van der Waals surface area contributed by atoms with Crippen LogP contribution >= 0.6 is 0 Å². The molecule has 0 saturated carbocycles. The van der Waals surface area contributed by atoms with Crippen LogP contribution in [0.1, 0.15) is 32.1 Å². The summed E-state index contributed by atoms with van der Waals surface area (Å²) < 4.78 is 76.3. The summed E-state index contributed by atoms with van der Waals surface area (Å²) in [6.07, 6.45) is -5.99. The summed E-state index contributed by atoms with van der Waals surface area (Å²) in [6.45, 7) is 0. The second-order valence-corrected chi connectivity index (χ2v) is 4.71. The van der Waals surface area contributed by atoms with E-state index in [-0.39, 0.29) is 12.0 Å². The lowest BCUT2D eigenvalue weighted by molar-refractivity contribution is -0.288. The highest BCUT2D eigenvalue weighted by atomic mass is 19.4. The fourth-order valence-electron chi connectivity index (χ4n) is 2.45. The van der Waals surface area contributed by atoms with E-state index >= 15 is 0 Å². The SMILES string of the molecule is CNC(C1=CCCCCC1)C(C(F)(F)F)C(F)(F)F. The van der Waals surface area contributed by atoms with Gasteiger partial charge in [-0.3, -0.25) is 0 Å². The first-order valence-electron chi connectivity index (χ1n) is 6.17. The van der Waals surface area contributed by atoms with Gasteiger partial charge in [0.1, 0.15) is 0 Å². The molecule has 1 aliphatic rings. The van der Waals surface area contributed by atoms with E-state index < -0.39 is 24.3 Å². The molecule has 0 bridgehead atoms. The van der Waals surface area contributed by atoms with E-state index in [0.717, 1.165) is 19.9 Å². The largest absolute Gasteiger partial charge is 0.402 e. The number of halogens is 6. The van der Waals surface area contributed by atoms with E-state index in [4.69, 9.17) is 0 Å². The number of alkyl halides is 6. The van der Waals surface area contributed by atoms with Crippen molar-refractivity contribution in [2.45, 2.75) is 50.5 Å². The van der Waals surface area contributed by atoms with Crippen LogP contribution in [0.2, 0.25) is 0 Å². The van der Waals surface area contributed by atoms with Crippen molar-refractivity contribution in [1.29, 1.82) is 0 Å². The molecule has 0 amide bonds. The number of likely N-dealkylation sites (N-methyl/N-ethyl adjacent to an activating group) is 1. The molecule has 1 aliphatic carbocycles. The van der Waals surface area contributed by atoms with Crippen LogP contribution in [0.4, 0.5) is 26.3 Å². The molecule has 0 aromatic heterocycles. The summed E-state index contributed by atoms with van der Waals surface area (Å²) in [5.41, 5.74) is 0.222. The molecule has 0 aliphatic heterocycles. The molecule has 0 spiro atoms. The molecule has 7 heteroatoms. The molecule has 1 nitrogen and oxygen atoms in total. The van der Waals surface area contributed by atoms with Crippen molar-refractivity contribution >= 4 is 0 Å². The fraction of sp³-hybridized carbons (Fsp3) is 0.833. The quantitative estimate of drug-likeness (QED) is 0.606. The number of hydrogen-bond donors (Lipinski definition) is 1. The Bertz CT molecular complexity index is 303. The Kier molecular flexibility index (Phi) is 5.29. The van der Waals surface area contributed by atoms with E-state index in [2.05, 4.69) is 5.32 Å². The highest BCUT2D eigenvalue weighted by Crippen LogP contribution is 2.43. The Balaban J connectivity index is 3.06. The third kappa shape index (κ3) is 4.40. The van der Waals surface area contributed by atoms with Crippen LogP contribution in [-0.2, 0) is 0 Å². The third-order valence-electron chi connectivity index (χ3n) is 3.33. The molecule has 0 heterocycles. The molecule has 1 atom stereocenters. The molecule has 1 rings (SSSR count). The van der Waals surface area contributed by atoms with Crippen molar-refractivity contribution in [3.05, 3.63) is 11.6 Å². The van der Waals surface area contributed by atoms with Gasteiger partial charge < -0.3 is 5.32 Å². The summed E-state index contributed by atoms with van der Waals surface area (Å²) in [7, 11) is 1.14. The van der Waals surface area contributed by atoms with Crippen molar-refractivity contribution in [3.8, 4) is 0 Å². The molecule has 1 N–H and O–H groups in total. The van der Waals surface area contributed by atoms with Crippen LogP contribution in [-0.4, -0.2) is 25.4 Å². The van der Waals surface area contributed by atoms with Crippen molar-refractivity contribution in [2.24, 2.45) is 5.92 Å². The van der Waals surface area contributed by atoms with Crippen molar-refractivity contribution < 1.29 is 26.3 Å². The molecular formula is C12H17F6N. The van der Waals surface area contributed by atoms with Crippen LogP contribution in [0, 0.1) is 5.92 Å². The minimum Gasteiger partial charge on any atom is -0.312 e. The van der Waals surface area contributed by atoms with Gasteiger partial charge in [-0.1, -0.05) is 18.1 Å². The Morgan fingerprint density at radius 2 is 1.58 bits per heavy atom. The van der Waals surface area contributed by atoms with E-state index in [0.29, 0.717) is 12.8 Å². The molecular weight excluding hydrogens is 272 g/mol. The second-order valence-electron chi connectivity index (χ2n) is 4.71. The van der Waals surface area contributed by atoms with E-state index in [1.807, 2.05) is 0 Å². The molecule has 0 fully saturated rings. The monoisotopic (exact) mass is 289 g/mol. The number of rotatable bonds is 3. The van der Waals surface area contributed by atoms with Gasteiger partial charge in [0, 0.05) is 6.04 Å². The minimum absolute atomic E-state index is 0.222. The summed E-state index contributed by atoms with van der Waals surface area (Å²) >= 11 is 0. The van der Waals surface area contributed by atoms with Crippen LogP contribution in [0.5, 0.6) is 0 Å². The van der Waals surface area contributed by atoms with Gasteiger partial charge in [-0.2, -0.15) is 26.3 Å². The maximum atomic E-state index is 12.7. The summed E-state index contributed by atoms with van der Waals surface area (Å²) in [4.78, 5) is 0. The first-order chi connectivity index (χ1) is 8.68. The smallest absolute Gasteiger partial charge is 0.312 e. The zero-order valence-electron chi connectivity index (χ0n) is 10.5. The Hall–Kier alpha value is -0.720.